The molecule has 0 aromatic carbocycles. The number of hydrogen-bond donors (Lipinski definition) is 3. The van der Waals surface area contributed by atoms with Gasteiger partial charge in [0.25, 0.3) is 5.56 Å². The number of rotatable bonds is 4. The standard InChI is InChI=1S/C17H24N4O4/c22-14(7-11-9-18-17(25)20-16(11)24)19-12-8-15(23)21(10-12)13-5-3-1-2-4-6-13/h9,12-13H,1-8,10H2,(H,19,22)(H2,18,20,24,25)/t12-/m0/s1. The van der Waals surface area contributed by atoms with Crippen LogP contribution in [0.1, 0.15) is 50.5 Å². The SMILES string of the molecule is O=C(Cc1c[nH]c(=O)[nH]c1=O)N[C@H]1CC(=O)N(C2CCCCCC2)C1. The fraction of sp³-hybridized carbons (Fsp3) is 0.647. The number of nitrogens with one attached hydrogen (secondary N) is 3. The van der Waals surface area contributed by atoms with E-state index in [1.54, 1.807) is 0 Å². The Kier molecular flexibility index (Phi) is 5.35. The summed E-state index contributed by atoms with van der Waals surface area (Å²) in [6.45, 7) is 0.539. The quantitative estimate of drug-likeness (QED) is 0.667. The molecule has 0 radical (unpaired) electrons. The molecule has 3 rings (SSSR count). The van der Waals surface area contributed by atoms with Gasteiger partial charge in [0, 0.05) is 30.8 Å². The van der Waals surface area contributed by atoms with E-state index in [0.29, 0.717) is 19.0 Å². The van der Waals surface area contributed by atoms with Crippen LogP contribution in [0.5, 0.6) is 0 Å². The number of aromatic amines is 2. The third-order valence-corrected chi connectivity index (χ3v) is 5.04. The van der Waals surface area contributed by atoms with Gasteiger partial charge in [-0.1, -0.05) is 25.7 Å². The summed E-state index contributed by atoms with van der Waals surface area (Å²) in [7, 11) is 0. The third-order valence-electron chi connectivity index (χ3n) is 5.04. The molecule has 0 spiro atoms. The van der Waals surface area contributed by atoms with Crippen LogP contribution < -0.4 is 16.6 Å². The first kappa shape index (κ1) is 17.4. The second kappa shape index (κ2) is 7.67. The van der Waals surface area contributed by atoms with E-state index in [0.717, 1.165) is 25.7 Å². The second-order valence-electron chi connectivity index (χ2n) is 6.93. The van der Waals surface area contributed by atoms with Gasteiger partial charge in [0.15, 0.2) is 0 Å². The maximum Gasteiger partial charge on any atom is 0.325 e. The van der Waals surface area contributed by atoms with Crippen LogP contribution >= 0.6 is 0 Å². The topological polar surface area (TPSA) is 115 Å². The number of carbonyl (C=O) groups is 2. The Hall–Kier alpha value is -2.38. The Morgan fingerprint density at radius 3 is 2.56 bits per heavy atom. The molecule has 0 unspecified atom stereocenters. The summed E-state index contributed by atoms with van der Waals surface area (Å²) >= 11 is 0. The van der Waals surface area contributed by atoms with Crippen molar-refractivity contribution in [2.45, 2.75) is 63.5 Å². The molecule has 136 valence electrons. The van der Waals surface area contributed by atoms with E-state index in [2.05, 4.69) is 15.3 Å². The highest BCUT2D eigenvalue weighted by Crippen LogP contribution is 2.25. The lowest BCUT2D eigenvalue weighted by molar-refractivity contribution is -0.129. The monoisotopic (exact) mass is 348 g/mol. The number of nitrogens with zero attached hydrogens (tertiary/aromatic N) is 1. The smallest absolute Gasteiger partial charge is 0.325 e. The van der Waals surface area contributed by atoms with Gasteiger partial charge >= 0.3 is 5.69 Å². The van der Waals surface area contributed by atoms with Crippen LogP contribution in [0.15, 0.2) is 15.8 Å². The van der Waals surface area contributed by atoms with Crippen LogP contribution in [-0.4, -0.2) is 45.3 Å². The third kappa shape index (κ3) is 4.37. The lowest BCUT2D eigenvalue weighted by atomic mass is 10.1. The van der Waals surface area contributed by atoms with Crippen LogP contribution in [0.25, 0.3) is 0 Å². The summed E-state index contributed by atoms with van der Waals surface area (Å²) in [6, 6.07) is 0.0732. The van der Waals surface area contributed by atoms with Crippen molar-refractivity contribution in [3.63, 3.8) is 0 Å². The zero-order chi connectivity index (χ0) is 17.8. The molecule has 2 amide bonds. The molecule has 2 aliphatic rings. The lowest BCUT2D eigenvalue weighted by Gasteiger charge is -2.27. The number of H-pyrrole nitrogens is 2. The molecular weight excluding hydrogens is 324 g/mol. The van der Waals surface area contributed by atoms with Crippen LogP contribution in [-0.2, 0) is 16.0 Å². The fourth-order valence-corrected chi connectivity index (χ4v) is 3.77. The maximum atomic E-state index is 12.3. The van der Waals surface area contributed by atoms with E-state index in [4.69, 9.17) is 0 Å². The van der Waals surface area contributed by atoms with Crippen molar-refractivity contribution in [3.8, 4) is 0 Å². The lowest BCUT2D eigenvalue weighted by Crippen LogP contribution is -2.41. The van der Waals surface area contributed by atoms with Gasteiger partial charge in [-0.15, -0.1) is 0 Å². The van der Waals surface area contributed by atoms with Gasteiger partial charge in [-0.3, -0.25) is 19.4 Å². The van der Waals surface area contributed by atoms with Gasteiger partial charge < -0.3 is 15.2 Å². The van der Waals surface area contributed by atoms with Crippen molar-refractivity contribution in [1.82, 2.24) is 20.2 Å². The van der Waals surface area contributed by atoms with Gasteiger partial charge in [-0.2, -0.15) is 0 Å². The molecule has 1 atom stereocenters. The Labute approximate surface area is 145 Å². The molecule has 1 aromatic heterocycles. The first-order chi connectivity index (χ1) is 12.0. The van der Waals surface area contributed by atoms with Crippen molar-refractivity contribution >= 4 is 11.8 Å². The van der Waals surface area contributed by atoms with Crippen LogP contribution in [0.2, 0.25) is 0 Å². The maximum absolute atomic E-state index is 12.3. The normalized spacial score (nSPS) is 22.0. The largest absolute Gasteiger partial charge is 0.351 e. The molecule has 1 saturated heterocycles. The highest BCUT2D eigenvalue weighted by molar-refractivity contribution is 5.83. The Bertz CT molecular complexity index is 746. The van der Waals surface area contributed by atoms with Crippen molar-refractivity contribution in [2.24, 2.45) is 0 Å². The fourth-order valence-electron chi connectivity index (χ4n) is 3.77. The summed E-state index contributed by atoms with van der Waals surface area (Å²) in [5.41, 5.74) is -0.974. The van der Waals surface area contributed by atoms with E-state index >= 15 is 0 Å². The van der Waals surface area contributed by atoms with E-state index in [9.17, 15) is 19.2 Å². The molecule has 1 saturated carbocycles. The molecule has 1 aliphatic carbocycles. The first-order valence-corrected chi connectivity index (χ1v) is 8.92. The molecular formula is C17H24N4O4. The Morgan fingerprint density at radius 1 is 1.16 bits per heavy atom. The minimum atomic E-state index is -0.602. The Balaban J connectivity index is 1.56. The molecule has 8 heteroatoms. The van der Waals surface area contributed by atoms with Crippen LogP contribution in [0.3, 0.4) is 0 Å². The van der Waals surface area contributed by atoms with Crippen LogP contribution in [0.4, 0.5) is 0 Å². The van der Waals surface area contributed by atoms with Crippen molar-refractivity contribution < 1.29 is 9.59 Å². The summed E-state index contributed by atoms with van der Waals surface area (Å²) in [4.78, 5) is 53.5. The Morgan fingerprint density at radius 2 is 1.88 bits per heavy atom. The molecule has 0 bridgehead atoms. The van der Waals surface area contributed by atoms with E-state index in [-0.39, 0.29) is 29.8 Å². The number of amides is 2. The van der Waals surface area contributed by atoms with Gasteiger partial charge in [-0.25, -0.2) is 4.79 Å². The van der Waals surface area contributed by atoms with Crippen molar-refractivity contribution in [2.75, 3.05) is 6.54 Å². The highest BCUT2D eigenvalue weighted by Gasteiger charge is 2.35. The van der Waals surface area contributed by atoms with Crippen LogP contribution in [0, 0.1) is 0 Å². The van der Waals surface area contributed by atoms with Gasteiger partial charge in [-0.05, 0) is 12.8 Å². The average molecular weight is 348 g/mol. The second-order valence-corrected chi connectivity index (χ2v) is 6.93. The molecule has 3 N–H and O–H groups in total. The molecule has 8 nitrogen and oxygen atoms in total. The van der Waals surface area contributed by atoms with E-state index < -0.39 is 11.2 Å². The zero-order valence-electron chi connectivity index (χ0n) is 14.2. The molecule has 2 fully saturated rings. The van der Waals surface area contributed by atoms with Gasteiger partial charge in [0.05, 0.1) is 12.5 Å². The van der Waals surface area contributed by atoms with Gasteiger partial charge in [0.1, 0.15) is 0 Å². The number of carbonyl (C=O) groups excluding carboxylic acids is 2. The summed E-state index contributed by atoms with van der Waals surface area (Å²) in [6.07, 6.45) is 8.28. The van der Waals surface area contributed by atoms with E-state index in [1.807, 2.05) is 4.90 Å². The minimum Gasteiger partial charge on any atom is -0.351 e. The summed E-state index contributed by atoms with van der Waals surface area (Å²) in [5, 5.41) is 2.84. The zero-order valence-corrected chi connectivity index (χ0v) is 14.2. The number of likely N-dealkylation sites (tertiary alicyclic amines) is 1. The number of hydrogen-bond acceptors (Lipinski definition) is 4. The molecule has 1 aliphatic heterocycles. The predicted molar refractivity (Wildman–Crippen MR) is 91.1 cm³/mol. The summed E-state index contributed by atoms with van der Waals surface area (Å²) < 4.78 is 0. The average Bonchev–Trinajstić information content (AvgIpc) is 2.76. The van der Waals surface area contributed by atoms with E-state index in [1.165, 1.54) is 19.0 Å². The molecule has 1 aromatic rings. The van der Waals surface area contributed by atoms with Gasteiger partial charge in [0.2, 0.25) is 11.8 Å². The van der Waals surface area contributed by atoms with Crippen molar-refractivity contribution in [1.29, 1.82) is 0 Å². The minimum absolute atomic E-state index is 0.0964. The first-order valence-electron chi connectivity index (χ1n) is 8.92. The highest BCUT2D eigenvalue weighted by atomic mass is 16.2. The van der Waals surface area contributed by atoms with Crippen molar-refractivity contribution in [3.05, 3.63) is 32.6 Å². The summed E-state index contributed by atoms with van der Waals surface area (Å²) in [5.74, 6) is -0.225. The molecule has 25 heavy (non-hydrogen) atoms. The molecule has 2 heterocycles. The predicted octanol–water partition coefficient (Wildman–Crippen LogP) is 0.0456. The number of aromatic nitrogens is 2.